The SMILES string of the molecule is Nc1ncn([C@H]2CC(OP(=O)(O)OC[C@H]3O[C@@H](n4cnc5c(=O)[nH]c(N)nc54)CC3O)[C@@H](COP(=O)(O)OC3C[C@H](n4cnc5c(=O)[nH]c(N)nc54)O[C@@H]3CO)O2)c(=O)n1. The van der Waals surface area contributed by atoms with Crippen LogP contribution in [0.5, 0.6) is 0 Å². The number of anilines is 3. The summed E-state index contributed by atoms with van der Waals surface area (Å²) in [6, 6.07) is 0. The average Bonchev–Trinajstić information content (AvgIpc) is 4.00. The quantitative estimate of drug-likeness (QED) is 0.0498. The van der Waals surface area contributed by atoms with E-state index in [0.717, 1.165) is 10.9 Å². The van der Waals surface area contributed by atoms with Crippen LogP contribution in [0.2, 0.25) is 0 Å². The second kappa shape index (κ2) is 16.1. The van der Waals surface area contributed by atoms with Gasteiger partial charge in [-0.3, -0.25) is 51.4 Å². The van der Waals surface area contributed by atoms with Crippen molar-refractivity contribution in [3.8, 4) is 0 Å². The molecule has 60 heavy (non-hydrogen) atoms. The van der Waals surface area contributed by atoms with Crippen molar-refractivity contribution in [3.05, 3.63) is 50.2 Å². The molecule has 0 amide bonds. The number of nitrogen functional groups attached to an aromatic ring is 3. The van der Waals surface area contributed by atoms with Gasteiger partial charge in [0.2, 0.25) is 17.8 Å². The van der Waals surface area contributed by atoms with Crippen LogP contribution in [0.25, 0.3) is 22.3 Å². The van der Waals surface area contributed by atoms with Crippen LogP contribution in [0.3, 0.4) is 0 Å². The van der Waals surface area contributed by atoms with Crippen molar-refractivity contribution >= 4 is 55.8 Å². The molecule has 0 saturated carbocycles. The van der Waals surface area contributed by atoms with Gasteiger partial charge in [-0.25, -0.2) is 28.9 Å². The topological polar surface area (TPSA) is 433 Å². The van der Waals surface area contributed by atoms with Crippen LogP contribution in [0.15, 0.2) is 33.4 Å². The molecule has 0 bridgehead atoms. The third kappa shape index (κ3) is 8.46. The van der Waals surface area contributed by atoms with Crippen molar-refractivity contribution in [1.29, 1.82) is 0 Å². The predicted molar refractivity (Wildman–Crippen MR) is 196 cm³/mol. The van der Waals surface area contributed by atoms with Gasteiger partial charge in [0.1, 0.15) is 55.5 Å². The maximum atomic E-state index is 13.3. The number of nitrogens with one attached hydrogen (secondary N) is 2. The number of rotatable bonds is 14. The molecule has 3 aliphatic heterocycles. The number of aliphatic hydroxyl groups is 2. The van der Waals surface area contributed by atoms with Gasteiger partial charge in [-0.2, -0.15) is 15.0 Å². The number of aliphatic hydroxyl groups excluding tert-OH is 2. The first kappa shape index (κ1) is 41.7. The zero-order chi connectivity index (χ0) is 42.7. The summed E-state index contributed by atoms with van der Waals surface area (Å²) in [6.45, 7) is -2.21. The molecule has 12 N–H and O–H groups in total. The van der Waals surface area contributed by atoms with E-state index in [1.165, 1.54) is 21.8 Å². The number of phosphoric ester groups is 2. The Morgan fingerprint density at radius 1 is 0.700 bits per heavy atom. The minimum atomic E-state index is -5.09. The molecule has 5 unspecified atom stereocenters. The van der Waals surface area contributed by atoms with E-state index in [0.29, 0.717) is 0 Å². The molecule has 324 valence electrons. The number of hydrogen-bond donors (Lipinski definition) is 9. The van der Waals surface area contributed by atoms with E-state index in [1.807, 2.05) is 0 Å². The Labute approximate surface area is 332 Å². The summed E-state index contributed by atoms with van der Waals surface area (Å²) in [6.07, 6.45) is -8.13. The molecule has 3 fully saturated rings. The summed E-state index contributed by atoms with van der Waals surface area (Å²) in [5.74, 6) is -0.741. The van der Waals surface area contributed by atoms with E-state index in [1.54, 1.807) is 0 Å². The number of aromatic nitrogens is 11. The summed E-state index contributed by atoms with van der Waals surface area (Å²) in [7, 11) is -10.2. The maximum Gasteiger partial charge on any atom is 0.472 e. The number of ether oxygens (including phenoxy) is 3. The summed E-state index contributed by atoms with van der Waals surface area (Å²) in [4.78, 5) is 86.7. The lowest BCUT2D eigenvalue weighted by atomic mass is 10.2. The van der Waals surface area contributed by atoms with Gasteiger partial charge in [0, 0.05) is 19.3 Å². The minimum Gasteiger partial charge on any atom is -0.394 e. The number of nitrogens with zero attached hydrogens (tertiary/aromatic N) is 9. The Balaban J connectivity index is 0.931. The van der Waals surface area contributed by atoms with E-state index in [4.69, 9.17) is 49.5 Å². The fourth-order valence-electron chi connectivity index (χ4n) is 6.91. The molecule has 32 heteroatoms. The highest BCUT2D eigenvalue weighted by Gasteiger charge is 2.46. The van der Waals surface area contributed by atoms with E-state index in [-0.39, 0.29) is 59.4 Å². The van der Waals surface area contributed by atoms with Crippen LogP contribution in [-0.4, -0.2) is 130 Å². The lowest BCUT2D eigenvalue weighted by Crippen LogP contribution is -2.31. The van der Waals surface area contributed by atoms with Gasteiger partial charge >= 0.3 is 21.3 Å². The fourth-order valence-corrected chi connectivity index (χ4v) is 8.83. The molecule has 5 aromatic rings. The number of phosphoric acid groups is 2. The zero-order valence-corrected chi connectivity index (χ0v) is 32.3. The van der Waals surface area contributed by atoms with Crippen LogP contribution in [0.4, 0.5) is 17.8 Å². The third-order valence-corrected chi connectivity index (χ3v) is 11.7. The van der Waals surface area contributed by atoms with E-state index < -0.39 is 108 Å². The van der Waals surface area contributed by atoms with Crippen molar-refractivity contribution in [1.82, 2.24) is 53.6 Å². The molecule has 30 nitrogen and oxygen atoms in total. The molecular formula is C28H36N14O16P2. The smallest absolute Gasteiger partial charge is 0.394 e. The van der Waals surface area contributed by atoms with Gasteiger partial charge in [0.15, 0.2) is 22.3 Å². The van der Waals surface area contributed by atoms with Crippen LogP contribution in [0, 0.1) is 0 Å². The molecule has 3 aliphatic rings. The Morgan fingerprint density at radius 3 is 1.72 bits per heavy atom. The number of fused-ring (bicyclic) bond motifs is 2. The molecule has 8 rings (SSSR count). The molecule has 3 saturated heterocycles. The van der Waals surface area contributed by atoms with Crippen molar-refractivity contribution < 1.29 is 61.4 Å². The predicted octanol–water partition coefficient (Wildman–Crippen LogP) is -3.13. The summed E-state index contributed by atoms with van der Waals surface area (Å²) >= 11 is 0. The molecule has 0 aromatic carbocycles. The number of H-pyrrole nitrogens is 2. The summed E-state index contributed by atoms with van der Waals surface area (Å²) in [5, 5.41) is 20.7. The highest BCUT2D eigenvalue weighted by Crippen LogP contribution is 2.52. The Bertz CT molecular complexity index is 2690. The van der Waals surface area contributed by atoms with Crippen LogP contribution in [0.1, 0.15) is 37.9 Å². The summed E-state index contributed by atoms with van der Waals surface area (Å²) < 4.78 is 68.9. The Morgan fingerprint density at radius 2 is 1.17 bits per heavy atom. The highest BCUT2D eigenvalue weighted by atomic mass is 31.2. The Hall–Kier alpha value is -5.07. The van der Waals surface area contributed by atoms with Crippen LogP contribution < -0.4 is 34.0 Å². The second-order valence-electron chi connectivity index (χ2n) is 13.6. The number of nitrogens with two attached hydrogens (primary N) is 3. The summed E-state index contributed by atoms with van der Waals surface area (Å²) in [5.41, 5.74) is 14.7. The monoisotopic (exact) mass is 886 g/mol. The van der Waals surface area contributed by atoms with Gasteiger partial charge in [-0.05, 0) is 0 Å². The molecule has 8 heterocycles. The molecule has 0 spiro atoms. The first-order valence-electron chi connectivity index (χ1n) is 17.7. The molecule has 11 atom stereocenters. The van der Waals surface area contributed by atoms with Gasteiger partial charge in [0.25, 0.3) is 11.1 Å². The normalized spacial score (nSPS) is 29.0. The number of aromatic amines is 2. The van der Waals surface area contributed by atoms with Crippen LogP contribution in [-0.2, 0) is 41.4 Å². The Kier molecular flexibility index (Phi) is 11.2. The lowest BCUT2D eigenvalue weighted by Gasteiger charge is -2.24. The molecule has 0 aliphatic carbocycles. The zero-order valence-electron chi connectivity index (χ0n) is 30.5. The molecule has 0 radical (unpaired) electrons. The number of imidazole rings is 2. The maximum absolute atomic E-state index is 13.3. The van der Waals surface area contributed by atoms with Crippen molar-refractivity contribution in [2.75, 3.05) is 37.0 Å². The second-order valence-corrected chi connectivity index (χ2v) is 16.4. The average molecular weight is 887 g/mol. The van der Waals surface area contributed by atoms with Gasteiger partial charge in [-0.15, -0.1) is 0 Å². The van der Waals surface area contributed by atoms with E-state index in [9.17, 15) is 43.5 Å². The lowest BCUT2D eigenvalue weighted by molar-refractivity contribution is -0.0611. The number of hydrogen-bond acceptors (Lipinski definition) is 23. The largest absolute Gasteiger partial charge is 0.472 e. The molecular weight excluding hydrogens is 850 g/mol. The van der Waals surface area contributed by atoms with Crippen molar-refractivity contribution in [3.63, 3.8) is 0 Å². The van der Waals surface area contributed by atoms with Crippen molar-refractivity contribution in [2.24, 2.45) is 0 Å². The third-order valence-electron chi connectivity index (χ3n) is 9.66. The fraction of sp³-hybridized carbons (Fsp3) is 0.536. The van der Waals surface area contributed by atoms with Gasteiger partial charge in [-0.1, -0.05) is 0 Å². The van der Waals surface area contributed by atoms with Gasteiger partial charge < -0.3 is 51.4 Å². The first-order valence-corrected chi connectivity index (χ1v) is 20.7. The van der Waals surface area contributed by atoms with E-state index in [2.05, 4.69) is 39.9 Å². The first-order chi connectivity index (χ1) is 28.5. The minimum absolute atomic E-state index is 0.0402. The highest BCUT2D eigenvalue weighted by molar-refractivity contribution is 7.47. The molecule has 5 aromatic heterocycles. The van der Waals surface area contributed by atoms with Gasteiger partial charge in [0.05, 0.1) is 38.6 Å². The van der Waals surface area contributed by atoms with E-state index >= 15 is 0 Å². The van der Waals surface area contributed by atoms with Crippen molar-refractivity contribution in [2.45, 2.75) is 74.6 Å². The standard InChI is InChI=1S/C28H36N14O16P2/c29-25-34-9-42(28(47)39-25)18-3-12(58-59(48,49)52-5-14-10(44)1-16(55-14)40-7-32-19-21(40)35-26(30)37-23(19)45)15(56-18)6-53-60(50,51)57-11-2-17(54-13(11)4-43)41-8-33-20-22(41)36-27(31)38-24(20)46/h7-18,43-44H,1-6H2,(H,48,49)(H,50,51)(H2,29,39,47)(H3,30,35,37,45)(H3,31,36,38,46)/t10?,11?,12?,13-,14-,15-,16-,17-,18-/m1/s1. The van der Waals surface area contributed by atoms with Crippen LogP contribution >= 0.6 is 15.6 Å².